The van der Waals surface area contributed by atoms with Crippen molar-refractivity contribution in [1.29, 1.82) is 0 Å². The number of amidine groups is 1. The van der Waals surface area contributed by atoms with E-state index in [-0.39, 0.29) is 5.71 Å². The number of hydrogen-bond acceptors (Lipinski definition) is 7. The molecule has 8 nitrogen and oxygen atoms in total. The molecule has 1 aliphatic heterocycles. The lowest BCUT2D eigenvalue weighted by molar-refractivity contribution is -0.129. The Labute approximate surface area is 160 Å². The SMILES string of the molecule is CO/N=C(/C(=O)O)c1csc(/N=C2/CC(c3ccc(N(C)C)cc3)=NN2)c1. The fourth-order valence-electron chi connectivity index (χ4n) is 2.50. The highest BCUT2D eigenvalue weighted by Gasteiger charge is 2.18. The van der Waals surface area contributed by atoms with Gasteiger partial charge in [0.1, 0.15) is 17.9 Å². The molecule has 0 bridgehead atoms. The van der Waals surface area contributed by atoms with Gasteiger partial charge in [-0.1, -0.05) is 17.3 Å². The van der Waals surface area contributed by atoms with Crippen LogP contribution in [0.15, 0.2) is 51.0 Å². The van der Waals surface area contributed by atoms with Crippen molar-refractivity contribution < 1.29 is 14.7 Å². The fourth-order valence-corrected chi connectivity index (χ4v) is 3.29. The largest absolute Gasteiger partial charge is 0.476 e. The number of thiophene rings is 1. The molecule has 2 aromatic rings. The van der Waals surface area contributed by atoms with Crippen LogP contribution in [0.25, 0.3) is 0 Å². The van der Waals surface area contributed by atoms with E-state index in [1.165, 1.54) is 18.4 Å². The topological polar surface area (TPSA) is 98.9 Å². The van der Waals surface area contributed by atoms with Gasteiger partial charge in [-0.2, -0.15) is 5.10 Å². The highest BCUT2D eigenvalue weighted by molar-refractivity contribution is 7.14. The lowest BCUT2D eigenvalue weighted by Crippen LogP contribution is -2.13. The quantitative estimate of drug-likeness (QED) is 0.588. The molecule has 1 aliphatic rings. The van der Waals surface area contributed by atoms with E-state index < -0.39 is 5.97 Å². The van der Waals surface area contributed by atoms with E-state index in [4.69, 9.17) is 0 Å². The summed E-state index contributed by atoms with van der Waals surface area (Å²) in [6.45, 7) is 0. The van der Waals surface area contributed by atoms with E-state index >= 15 is 0 Å². The van der Waals surface area contributed by atoms with Crippen LogP contribution in [0, 0.1) is 0 Å². The van der Waals surface area contributed by atoms with Crippen molar-refractivity contribution in [2.75, 3.05) is 26.1 Å². The Hall–Kier alpha value is -3.20. The first-order valence-electron chi connectivity index (χ1n) is 8.09. The van der Waals surface area contributed by atoms with Crippen molar-refractivity contribution in [3.63, 3.8) is 0 Å². The van der Waals surface area contributed by atoms with Gasteiger partial charge in [-0.25, -0.2) is 9.79 Å². The van der Waals surface area contributed by atoms with Crippen LogP contribution in [0.1, 0.15) is 17.5 Å². The van der Waals surface area contributed by atoms with Gasteiger partial charge in [0.25, 0.3) is 0 Å². The van der Waals surface area contributed by atoms with Crippen LogP contribution in [0.3, 0.4) is 0 Å². The van der Waals surface area contributed by atoms with Crippen molar-refractivity contribution >= 4 is 45.3 Å². The molecular formula is C18H19N5O3S. The van der Waals surface area contributed by atoms with Crippen molar-refractivity contribution in [3.8, 4) is 0 Å². The Kier molecular flexibility index (Phi) is 5.51. The van der Waals surface area contributed by atoms with Crippen molar-refractivity contribution in [1.82, 2.24) is 5.43 Å². The zero-order valence-electron chi connectivity index (χ0n) is 15.1. The summed E-state index contributed by atoms with van der Waals surface area (Å²) in [6.07, 6.45) is 0.576. The number of aliphatic imine (C=N–C) groups is 1. The molecule has 0 saturated carbocycles. The zero-order valence-corrected chi connectivity index (χ0v) is 15.9. The molecule has 1 aromatic heterocycles. The van der Waals surface area contributed by atoms with E-state index in [1.54, 1.807) is 11.4 Å². The number of anilines is 1. The summed E-state index contributed by atoms with van der Waals surface area (Å²) in [7, 11) is 5.30. The highest BCUT2D eigenvalue weighted by atomic mass is 32.1. The normalized spacial score (nSPS) is 15.4. The molecule has 0 radical (unpaired) electrons. The summed E-state index contributed by atoms with van der Waals surface area (Å²) in [5.41, 5.74) is 6.30. The first kappa shape index (κ1) is 18.6. The number of carboxylic acid groups (broad SMARTS) is 1. The van der Waals surface area contributed by atoms with Gasteiger partial charge >= 0.3 is 5.97 Å². The molecule has 0 unspecified atom stereocenters. The van der Waals surface area contributed by atoms with Crippen LogP contribution in [0.5, 0.6) is 0 Å². The van der Waals surface area contributed by atoms with Crippen molar-refractivity contribution in [3.05, 3.63) is 46.8 Å². The number of rotatable bonds is 6. The van der Waals surface area contributed by atoms with E-state index in [1.807, 2.05) is 43.3 Å². The Morgan fingerprint density at radius 3 is 2.70 bits per heavy atom. The smallest absolute Gasteiger partial charge is 0.358 e. The second-order valence-corrected chi connectivity index (χ2v) is 6.84. The second-order valence-electron chi connectivity index (χ2n) is 5.95. The summed E-state index contributed by atoms with van der Waals surface area (Å²) in [6, 6.07) is 9.81. The minimum atomic E-state index is -1.15. The third kappa shape index (κ3) is 4.32. The van der Waals surface area contributed by atoms with Gasteiger partial charge < -0.3 is 14.8 Å². The van der Waals surface area contributed by atoms with Gasteiger partial charge in [0, 0.05) is 30.7 Å². The molecule has 0 saturated heterocycles. The number of nitrogens with zero attached hydrogens (tertiary/aromatic N) is 4. The number of benzene rings is 1. The number of carboxylic acids is 1. The summed E-state index contributed by atoms with van der Waals surface area (Å²) in [5, 5.41) is 19.4. The first-order chi connectivity index (χ1) is 13.0. The number of hydrogen-bond donors (Lipinski definition) is 2. The molecule has 0 aliphatic carbocycles. The number of nitrogens with one attached hydrogen (secondary N) is 1. The van der Waals surface area contributed by atoms with Gasteiger partial charge in [-0.05, 0) is 23.8 Å². The number of aliphatic carboxylic acids is 1. The molecule has 0 amide bonds. The molecule has 27 heavy (non-hydrogen) atoms. The third-order valence-corrected chi connectivity index (χ3v) is 4.68. The van der Waals surface area contributed by atoms with E-state index in [0.717, 1.165) is 17.0 Å². The second kappa shape index (κ2) is 8.00. The third-order valence-electron chi connectivity index (χ3n) is 3.86. The lowest BCUT2D eigenvalue weighted by atomic mass is 10.1. The molecule has 2 heterocycles. The van der Waals surface area contributed by atoms with Gasteiger partial charge in [-0.15, -0.1) is 11.3 Å². The summed E-state index contributed by atoms with van der Waals surface area (Å²) < 4.78 is 0. The van der Waals surface area contributed by atoms with Crippen molar-refractivity contribution in [2.24, 2.45) is 15.2 Å². The fraction of sp³-hybridized carbons (Fsp3) is 0.222. The number of hydrazone groups is 1. The van der Waals surface area contributed by atoms with Crippen LogP contribution in [0.2, 0.25) is 0 Å². The van der Waals surface area contributed by atoms with Crippen LogP contribution in [-0.2, 0) is 9.63 Å². The van der Waals surface area contributed by atoms with Crippen LogP contribution in [-0.4, -0.2) is 49.5 Å². The van der Waals surface area contributed by atoms with Crippen LogP contribution in [0.4, 0.5) is 10.7 Å². The minimum Gasteiger partial charge on any atom is -0.476 e. The average molecular weight is 385 g/mol. The maximum Gasteiger partial charge on any atom is 0.358 e. The standard InChI is InChI=1S/C18H19N5O3S/c1-23(2)13-6-4-11(5-7-13)14-9-15(21-20-14)19-16-8-12(10-27-16)17(18(24)25)22-26-3/h4-8,10H,9H2,1-3H3,(H,19,21)(H,24,25)/b22-17+. The molecule has 0 fully saturated rings. The van der Waals surface area contributed by atoms with Gasteiger partial charge in [0.2, 0.25) is 0 Å². The Balaban J connectivity index is 1.72. The Morgan fingerprint density at radius 2 is 2.07 bits per heavy atom. The maximum absolute atomic E-state index is 11.2. The molecule has 0 spiro atoms. The number of oxime groups is 1. The van der Waals surface area contributed by atoms with Gasteiger partial charge in [0.15, 0.2) is 5.71 Å². The van der Waals surface area contributed by atoms with Gasteiger partial charge in [-0.3, -0.25) is 5.43 Å². The average Bonchev–Trinajstić information content (AvgIpc) is 3.29. The summed E-state index contributed by atoms with van der Waals surface area (Å²) >= 11 is 1.33. The maximum atomic E-state index is 11.2. The monoisotopic (exact) mass is 385 g/mol. The predicted octanol–water partition coefficient (Wildman–Crippen LogP) is 2.68. The lowest BCUT2D eigenvalue weighted by Gasteiger charge is -2.12. The summed E-state index contributed by atoms with van der Waals surface area (Å²) in [5.74, 6) is -0.449. The van der Waals surface area contributed by atoms with E-state index in [0.29, 0.717) is 22.8 Å². The predicted molar refractivity (Wildman–Crippen MR) is 108 cm³/mol. The number of carbonyl (C=O) groups is 1. The summed E-state index contributed by atoms with van der Waals surface area (Å²) in [4.78, 5) is 22.4. The molecule has 0 atom stereocenters. The molecule has 1 aromatic carbocycles. The highest BCUT2D eigenvalue weighted by Crippen LogP contribution is 2.25. The molecule has 3 rings (SSSR count). The molecule has 2 N–H and O–H groups in total. The molecule has 140 valence electrons. The van der Waals surface area contributed by atoms with Crippen molar-refractivity contribution in [2.45, 2.75) is 6.42 Å². The van der Waals surface area contributed by atoms with Crippen LogP contribution >= 0.6 is 11.3 Å². The Morgan fingerprint density at radius 1 is 1.33 bits per heavy atom. The first-order valence-corrected chi connectivity index (χ1v) is 8.97. The van der Waals surface area contributed by atoms with E-state index in [2.05, 4.69) is 25.5 Å². The molecule has 9 heteroatoms. The minimum absolute atomic E-state index is 0.155. The Bertz CT molecular complexity index is 929. The van der Waals surface area contributed by atoms with E-state index in [9.17, 15) is 9.90 Å². The van der Waals surface area contributed by atoms with Gasteiger partial charge in [0.05, 0.1) is 12.1 Å². The molecular weight excluding hydrogens is 366 g/mol. The zero-order chi connectivity index (χ0) is 19.4. The van der Waals surface area contributed by atoms with Crippen LogP contribution < -0.4 is 10.3 Å².